The van der Waals surface area contributed by atoms with Crippen LogP contribution in [0.15, 0.2) is 6.07 Å². The second-order valence-corrected chi connectivity index (χ2v) is 7.95. The molecule has 0 radical (unpaired) electrons. The van der Waals surface area contributed by atoms with E-state index in [4.69, 9.17) is 0 Å². The predicted molar refractivity (Wildman–Crippen MR) is 91.3 cm³/mol. The maximum absolute atomic E-state index is 12.2. The van der Waals surface area contributed by atoms with E-state index in [1.165, 1.54) is 36.1 Å². The molecule has 0 unspecified atom stereocenters. The average molecular weight is 321 g/mol. The van der Waals surface area contributed by atoms with Gasteiger partial charge in [-0.3, -0.25) is 9.69 Å². The molecule has 5 heteroatoms. The third-order valence-electron chi connectivity index (χ3n) is 4.75. The molecule has 0 aromatic carbocycles. The van der Waals surface area contributed by atoms with Crippen LogP contribution in [0.4, 0.5) is 0 Å². The van der Waals surface area contributed by atoms with Crippen LogP contribution in [0.25, 0.3) is 0 Å². The van der Waals surface area contributed by atoms with Gasteiger partial charge in [-0.05, 0) is 51.5 Å². The minimum Gasteiger partial charge on any atom is -0.351 e. The number of hydrogen-bond donors (Lipinski definition) is 1. The van der Waals surface area contributed by atoms with Gasteiger partial charge in [-0.25, -0.2) is 0 Å². The highest BCUT2D eigenvalue weighted by atomic mass is 32.1. The zero-order valence-electron chi connectivity index (χ0n) is 13.7. The normalized spacial score (nSPS) is 19.0. The summed E-state index contributed by atoms with van der Waals surface area (Å²) in [6.45, 7) is 3.87. The maximum atomic E-state index is 12.2. The number of carbonyl (C=O) groups excluding carboxylic acids is 1. The molecule has 1 fully saturated rings. The number of hydrogen-bond acceptors (Lipinski definition) is 4. The Balaban J connectivity index is 1.49. The quantitative estimate of drug-likeness (QED) is 0.818. The first-order valence-electron chi connectivity index (χ1n) is 8.42. The lowest BCUT2D eigenvalue weighted by Crippen LogP contribution is -2.28. The summed E-state index contributed by atoms with van der Waals surface area (Å²) in [5.41, 5.74) is 1.38. The lowest BCUT2D eigenvalue weighted by molar-refractivity contribution is 0.0956. The van der Waals surface area contributed by atoms with Crippen molar-refractivity contribution in [3.8, 4) is 0 Å². The molecule has 0 bridgehead atoms. The number of rotatable bonds is 6. The summed E-state index contributed by atoms with van der Waals surface area (Å²) >= 11 is 1.69. The molecular weight excluding hydrogens is 294 g/mol. The zero-order valence-corrected chi connectivity index (χ0v) is 14.5. The highest BCUT2D eigenvalue weighted by Gasteiger charge is 2.30. The van der Waals surface area contributed by atoms with Crippen LogP contribution in [-0.2, 0) is 13.1 Å². The molecule has 22 heavy (non-hydrogen) atoms. The number of carbonyl (C=O) groups is 1. The first-order chi connectivity index (χ1) is 10.6. The standard InChI is InChI=1S/C17H27N3OS/c1-19(2)9-5-8-18-17(21)15-10-13-11-20(12-16(13)22-15)14-6-3-4-7-14/h10,14H,3-9,11-12H2,1-2H3,(H,18,21). The van der Waals surface area contributed by atoms with Crippen molar-refractivity contribution in [1.29, 1.82) is 0 Å². The van der Waals surface area contributed by atoms with Crippen LogP contribution in [-0.4, -0.2) is 48.9 Å². The zero-order chi connectivity index (χ0) is 15.5. The van der Waals surface area contributed by atoms with Crippen molar-refractivity contribution < 1.29 is 4.79 Å². The average Bonchev–Trinajstić information content (AvgIpc) is 3.16. The van der Waals surface area contributed by atoms with Crippen molar-refractivity contribution in [3.05, 3.63) is 21.4 Å². The fourth-order valence-corrected chi connectivity index (χ4v) is 4.63. The molecule has 1 aromatic rings. The molecule has 122 valence electrons. The Morgan fingerprint density at radius 2 is 2.14 bits per heavy atom. The minimum absolute atomic E-state index is 0.102. The van der Waals surface area contributed by atoms with Gasteiger partial charge < -0.3 is 10.2 Å². The molecule has 0 atom stereocenters. The third-order valence-corrected chi connectivity index (χ3v) is 5.91. The molecule has 2 heterocycles. The summed E-state index contributed by atoms with van der Waals surface area (Å²) in [4.78, 5) is 19.2. The van der Waals surface area contributed by atoms with Gasteiger partial charge in [-0.15, -0.1) is 11.3 Å². The van der Waals surface area contributed by atoms with Gasteiger partial charge in [0.2, 0.25) is 0 Å². The number of thiophene rings is 1. The monoisotopic (exact) mass is 321 g/mol. The molecule has 1 saturated carbocycles. The Bertz CT molecular complexity index is 496. The van der Waals surface area contributed by atoms with Crippen LogP contribution in [0.5, 0.6) is 0 Å². The van der Waals surface area contributed by atoms with Crippen molar-refractivity contribution in [2.24, 2.45) is 0 Å². The van der Waals surface area contributed by atoms with Gasteiger partial charge in [0.15, 0.2) is 0 Å². The summed E-state index contributed by atoms with van der Waals surface area (Å²) in [6, 6.07) is 2.90. The van der Waals surface area contributed by atoms with Crippen molar-refractivity contribution in [1.82, 2.24) is 15.1 Å². The van der Waals surface area contributed by atoms with Crippen molar-refractivity contribution in [2.75, 3.05) is 27.2 Å². The van der Waals surface area contributed by atoms with Crippen molar-refractivity contribution in [3.63, 3.8) is 0 Å². The fraction of sp³-hybridized carbons (Fsp3) is 0.706. The first-order valence-corrected chi connectivity index (χ1v) is 9.23. The van der Waals surface area contributed by atoms with E-state index in [1.807, 2.05) is 0 Å². The van der Waals surface area contributed by atoms with E-state index in [0.717, 1.165) is 43.5 Å². The van der Waals surface area contributed by atoms with E-state index < -0.39 is 0 Å². The highest BCUT2D eigenvalue weighted by Crippen LogP contribution is 2.35. The van der Waals surface area contributed by atoms with Crippen molar-refractivity contribution in [2.45, 2.75) is 51.2 Å². The Morgan fingerprint density at radius 3 is 2.82 bits per heavy atom. The van der Waals surface area contributed by atoms with Gasteiger partial charge in [0.05, 0.1) is 4.88 Å². The third kappa shape index (κ3) is 3.70. The summed E-state index contributed by atoms with van der Waals surface area (Å²) < 4.78 is 0. The summed E-state index contributed by atoms with van der Waals surface area (Å²) in [6.07, 6.45) is 6.48. The summed E-state index contributed by atoms with van der Waals surface area (Å²) in [5.74, 6) is 0.102. The Kier molecular flexibility index (Phi) is 5.16. The second kappa shape index (κ2) is 7.11. The van der Waals surface area contributed by atoms with E-state index in [9.17, 15) is 4.79 Å². The van der Waals surface area contributed by atoms with Crippen LogP contribution in [0.1, 0.15) is 52.2 Å². The van der Waals surface area contributed by atoms with Gasteiger partial charge in [-0.1, -0.05) is 12.8 Å². The molecule has 1 aromatic heterocycles. The number of nitrogens with one attached hydrogen (secondary N) is 1. The largest absolute Gasteiger partial charge is 0.351 e. The van der Waals surface area contributed by atoms with E-state index in [1.54, 1.807) is 11.3 Å². The predicted octanol–water partition coefficient (Wildman–Crippen LogP) is 2.69. The lowest BCUT2D eigenvalue weighted by atomic mass is 10.2. The van der Waals surface area contributed by atoms with Crippen LogP contribution in [0.3, 0.4) is 0 Å². The maximum Gasteiger partial charge on any atom is 0.261 e. The Labute approximate surface area is 137 Å². The molecule has 0 saturated heterocycles. The SMILES string of the molecule is CN(C)CCCNC(=O)c1cc2c(s1)CN(C1CCCC1)C2. The molecule has 3 rings (SSSR count). The van der Waals surface area contributed by atoms with Gasteiger partial charge in [0, 0.05) is 30.6 Å². The second-order valence-electron chi connectivity index (χ2n) is 6.82. The van der Waals surface area contributed by atoms with Gasteiger partial charge in [0.25, 0.3) is 5.91 Å². The Hall–Kier alpha value is -0.910. The molecule has 0 spiro atoms. The molecular formula is C17H27N3OS. The number of fused-ring (bicyclic) bond motifs is 1. The van der Waals surface area contributed by atoms with Gasteiger partial charge in [-0.2, -0.15) is 0 Å². The van der Waals surface area contributed by atoms with E-state index in [2.05, 4.69) is 35.3 Å². The van der Waals surface area contributed by atoms with Crippen LogP contribution in [0.2, 0.25) is 0 Å². The van der Waals surface area contributed by atoms with E-state index in [-0.39, 0.29) is 5.91 Å². The molecule has 2 aliphatic rings. The van der Waals surface area contributed by atoms with Crippen LogP contribution < -0.4 is 5.32 Å². The molecule has 1 aliphatic heterocycles. The molecule has 1 amide bonds. The van der Waals surface area contributed by atoms with Gasteiger partial charge in [0.1, 0.15) is 0 Å². The van der Waals surface area contributed by atoms with Crippen molar-refractivity contribution >= 4 is 17.2 Å². The molecule has 1 N–H and O–H groups in total. The topological polar surface area (TPSA) is 35.6 Å². The first kappa shape index (κ1) is 16.0. The fourth-order valence-electron chi connectivity index (χ4n) is 3.52. The summed E-state index contributed by atoms with van der Waals surface area (Å²) in [7, 11) is 4.11. The van der Waals surface area contributed by atoms with Gasteiger partial charge >= 0.3 is 0 Å². The highest BCUT2D eigenvalue weighted by molar-refractivity contribution is 7.14. The smallest absolute Gasteiger partial charge is 0.261 e. The van der Waals surface area contributed by atoms with E-state index in [0.29, 0.717) is 0 Å². The lowest BCUT2D eigenvalue weighted by Gasteiger charge is -2.22. The molecule has 4 nitrogen and oxygen atoms in total. The Morgan fingerprint density at radius 1 is 1.36 bits per heavy atom. The van der Waals surface area contributed by atoms with E-state index >= 15 is 0 Å². The molecule has 1 aliphatic carbocycles. The summed E-state index contributed by atoms with van der Waals surface area (Å²) in [5, 5.41) is 3.04. The number of nitrogens with zero attached hydrogens (tertiary/aromatic N) is 2. The van der Waals surface area contributed by atoms with Crippen LogP contribution >= 0.6 is 11.3 Å². The minimum atomic E-state index is 0.102. The van der Waals surface area contributed by atoms with Crippen LogP contribution in [0, 0.1) is 0 Å². The number of amides is 1.